The van der Waals surface area contributed by atoms with Crippen LogP contribution in [-0.4, -0.2) is 41.2 Å². The van der Waals surface area contributed by atoms with Crippen molar-refractivity contribution in [2.75, 3.05) is 26.2 Å². The van der Waals surface area contributed by atoms with Gasteiger partial charge in [0.2, 0.25) is 0 Å². The Kier molecular flexibility index (Phi) is 5.95. The van der Waals surface area contributed by atoms with Crippen molar-refractivity contribution < 1.29 is 5.11 Å². The van der Waals surface area contributed by atoms with E-state index in [0.717, 1.165) is 6.54 Å². The lowest BCUT2D eigenvalue weighted by Gasteiger charge is -2.10. The first kappa shape index (κ1) is 11.1. The van der Waals surface area contributed by atoms with Crippen molar-refractivity contribution >= 4 is 0 Å². The second kappa shape index (κ2) is 7.47. The van der Waals surface area contributed by atoms with Crippen molar-refractivity contribution in [3.63, 3.8) is 0 Å². The molecule has 0 spiro atoms. The van der Waals surface area contributed by atoms with Crippen molar-refractivity contribution in [1.29, 1.82) is 0 Å². The summed E-state index contributed by atoms with van der Waals surface area (Å²) in [5.41, 5.74) is 0. The molecular weight excluding hydrogens is 176 g/mol. The van der Waals surface area contributed by atoms with E-state index in [9.17, 15) is 0 Å². The average Bonchev–Trinajstić information content (AvgIpc) is 2.75. The quantitative estimate of drug-likeness (QED) is 0.767. The molecule has 1 aliphatic heterocycles. The molecule has 1 saturated heterocycles. The molecule has 1 aromatic rings. The minimum absolute atomic E-state index is 0.319. The van der Waals surface area contributed by atoms with Crippen molar-refractivity contribution in [3.05, 3.63) is 30.6 Å². The second-order valence-electron chi connectivity index (χ2n) is 3.30. The number of nitrogens with zero attached hydrogens (tertiary/aromatic N) is 2. The summed E-state index contributed by atoms with van der Waals surface area (Å²) in [6, 6.07) is 5.72. The molecule has 78 valence electrons. The van der Waals surface area contributed by atoms with Gasteiger partial charge in [-0.05, 0) is 38.1 Å². The Morgan fingerprint density at radius 2 is 1.71 bits per heavy atom. The Morgan fingerprint density at radius 1 is 1.07 bits per heavy atom. The Hall–Kier alpha value is -0.930. The first-order valence-corrected chi connectivity index (χ1v) is 5.11. The highest BCUT2D eigenvalue weighted by atomic mass is 16.3. The van der Waals surface area contributed by atoms with Crippen LogP contribution in [0.25, 0.3) is 0 Å². The highest BCUT2D eigenvalue weighted by Crippen LogP contribution is 2.05. The van der Waals surface area contributed by atoms with Crippen molar-refractivity contribution in [1.82, 2.24) is 9.88 Å². The Morgan fingerprint density at radius 3 is 2.07 bits per heavy atom. The molecule has 0 unspecified atom stereocenters. The molecule has 0 aromatic carbocycles. The van der Waals surface area contributed by atoms with Crippen molar-refractivity contribution in [3.8, 4) is 0 Å². The van der Waals surface area contributed by atoms with Gasteiger partial charge in [0.1, 0.15) is 0 Å². The number of hydrogen-bond donors (Lipinski definition) is 1. The summed E-state index contributed by atoms with van der Waals surface area (Å²) in [5, 5.41) is 8.48. The summed E-state index contributed by atoms with van der Waals surface area (Å²) in [5.74, 6) is 0. The van der Waals surface area contributed by atoms with Crippen LogP contribution in [0.2, 0.25) is 0 Å². The van der Waals surface area contributed by atoms with Gasteiger partial charge in [-0.2, -0.15) is 0 Å². The lowest BCUT2D eigenvalue weighted by molar-refractivity contribution is 0.221. The van der Waals surface area contributed by atoms with Gasteiger partial charge in [0.25, 0.3) is 0 Å². The lowest BCUT2D eigenvalue weighted by atomic mass is 10.4. The zero-order valence-electron chi connectivity index (χ0n) is 8.47. The Bertz CT molecular complexity index is 183. The van der Waals surface area contributed by atoms with Gasteiger partial charge >= 0.3 is 0 Å². The first-order valence-electron chi connectivity index (χ1n) is 5.11. The van der Waals surface area contributed by atoms with Crippen LogP contribution in [0.1, 0.15) is 12.8 Å². The van der Waals surface area contributed by atoms with E-state index < -0.39 is 0 Å². The third-order valence-corrected chi connectivity index (χ3v) is 2.18. The highest BCUT2D eigenvalue weighted by molar-refractivity contribution is 4.88. The van der Waals surface area contributed by atoms with Gasteiger partial charge in [0.05, 0.1) is 6.61 Å². The second-order valence-corrected chi connectivity index (χ2v) is 3.30. The van der Waals surface area contributed by atoms with E-state index in [4.69, 9.17) is 5.11 Å². The largest absolute Gasteiger partial charge is 0.395 e. The maximum Gasteiger partial charge on any atom is 0.0558 e. The zero-order chi connectivity index (χ0) is 10.1. The number of aliphatic hydroxyl groups is 1. The van der Waals surface area contributed by atoms with Crippen LogP contribution >= 0.6 is 0 Å². The molecule has 2 heterocycles. The number of pyridine rings is 1. The van der Waals surface area contributed by atoms with Gasteiger partial charge in [0.15, 0.2) is 0 Å². The SMILES string of the molecule is OCCN1CCCC1.c1ccncc1. The van der Waals surface area contributed by atoms with Crippen LogP contribution < -0.4 is 0 Å². The number of aromatic nitrogens is 1. The molecule has 0 radical (unpaired) electrons. The van der Waals surface area contributed by atoms with E-state index in [0.29, 0.717) is 6.61 Å². The molecule has 3 nitrogen and oxygen atoms in total. The fourth-order valence-corrected chi connectivity index (χ4v) is 1.46. The number of likely N-dealkylation sites (tertiary alicyclic amines) is 1. The van der Waals surface area contributed by atoms with Gasteiger partial charge in [-0.3, -0.25) is 4.98 Å². The third-order valence-electron chi connectivity index (χ3n) is 2.18. The van der Waals surface area contributed by atoms with E-state index in [-0.39, 0.29) is 0 Å². The van der Waals surface area contributed by atoms with Gasteiger partial charge < -0.3 is 10.0 Å². The topological polar surface area (TPSA) is 36.4 Å². The van der Waals surface area contributed by atoms with Crippen LogP contribution in [0.15, 0.2) is 30.6 Å². The van der Waals surface area contributed by atoms with E-state index in [2.05, 4.69) is 9.88 Å². The van der Waals surface area contributed by atoms with E-state index in [1.807, 2.05) is 18.2 Å². The monoisotopic (exact) mass is 194 g/mol. The Labute approximate surface area is 85.4 Å². The van der Waals surface area contributed by atoms with E-state index >= 15 is 0 Å². The predicted molar refractivity (Wildman–Crippen MR) is 57.0 cm³/mol. The highest BCUT2D eigenvalue weighted by Gasteiger charge is 2.08. The smallest absolute Gasteiger partial charge is 0.0558 e. The van der Waals surface area contributed by atoms with Crippen LogP contribution in [-0.2, 0) is 0 Å². The molecular formula is C11H18N2O. The average molecular weight is 194 g/mol. The van der Waals surface area contributed by atoms with Gasteiger partial charge in [-0.25, -0.2) is 0 Å². The van der Waals surface area contributed by atoms with Crippen LogP contribution in [0, 0.1) is 0 Å². The molecule has 0 atom stereocenters. The molecule has 3 heteroatoms. The Balaban J connectivity index is 0.000000146. The molecule has 0 saturated carbocycles. The summed E-state index contributed by atoms with van der Waals surface area (Å²) in [7, 11) is 0. The normalized spacial score (nSPS) is 16.1. The minimum Gasteiger partial charge on any atom is -0.395 e. The summed E-state index contributed by atoms with van der Waals surface area (Å²) in [6.45, 7) is 3.58. The molecule has 0 bridgehead atoms. The summed E-state index contributed by atoms with van der Waals surface area (Å²) in [4.78, 5) is 6.08. The van der Waals surface area contributed by atoms with Gasteiger partial charge in [-0.1, -0.05) is 6.07 Å². The number of rotatable bonds is 2. The third kappa shape index (κ3) is 4.94. The maximum absolute atomic E-state index is 8.48. The number of hydrogen-bond acceptors (Lipinski definition) is 3. The molecule has 0 aliphatic carbocycles. The van der Waals surface area contributed by atoms with Crippen molar-refractivity contribution in [2.24, 2.45) is 0 Å². The van der Waals surface area contributed by atoms with Gasteiger partial charge in [0, 0.05) is 18.9 Å². The number of aliphatic hydroxyl groups excluding tert-OH is 1. The molecule has 2 rings (SSSR count). The lowest BCUT2D eigenvalue weighted by Crippen LogP contribution is -2.22. The van der Waals surface area contributed by atoms with Crippen LogP contribution in [0.4, 0.5) is 0 Å². The standard InChI is InChI=1S/C6H13NO.C5H5N/c8-6-5-7-3-1-2-4-7;1-2-4-6-5-3-1/h8H,1-6H2;1-5H. The van der Waals surface area contributed by atoms with Crippen LogP contribution in [0.5, 0.6) is 0 Å². The fraction of sp³-hybridized carbons (Fsp3) is 0.545. The molecule has 1 aromatic heterocycles. The van der Waals surface area contributed by atoms with Crippen LogP contribution in [0.3, 0.4) is 0 Å². The minimum atomic E-state index is 0.319. The summed E-state index contributed by atoms with van der Waals surface area (Å²) >= 11 is 0. The van der Waals surface area contributed by atoms with E-state index in [1.54, 1.807) is 12.4 Å². The first-order chi connectivity index (χ1) is 6.93. The predicted octanol–water partition coefficient (Wildman–Crippen LogP) is 1.16. The molecule has 1 fully saturated rings. The molecule has 0 amide bonds. The molecule has 14 heavy (non-hydrogen) atoms. The molecule has 1 aliphatic rings. The van der Waals surface area contributed by atoms with E-state index in [1.165, 1.54) is 25.9 Å². The molecule has 1 N–H and O–H groups in total. The summed E-state index contributed by atoms with van der Waals surface area (Å²) in [6.07, 6.45) is 6.14. The maximum atomic E-state index is 8.48. The fourth-order valence-electron chi connectivity index (χ4n) is 1.46. The van der Waals surface area contributed by atoms with Crippen molar-refractivity contribution in [2.45, 2.75) is 12.8 Å². The zero-order valence-corrected chi connectivity index (χ0v) is 8.47. The van der Waals surface area contributed by atoms with Gasteiger partial charge in [-0.15, -0.1) is 0 Å². The summed E-state index contributed by atoms with van der Waals surface area (Å²) < 4.78 is 0. The number of β-amino-alcohol motifs (C(OH)–C–C–N with tert-alkyl or cyclic N) is 1.